The predicted molar refractivity (Wildman–Crippen MR) is 79.5 cm³/mol. The third-order valence-electron chi connectivity index (χ3n) is 3.33. The van der Waals surface area contributed by atoms with E-state index < -0.39 is 52.2 Å². The Morgan fingerprint density at radius 2 is 1.37 bits per heavy atom. The number of amides is 1. The quantitative estimate of drug-likeness (QED) is 0.534. The van der Waals surface area contributed by atoms with Crippen molar-refractivity contribution in [3.05, 3.63) is 58.7 Å². The summed E-state index contributed by atoms with van der Waals surface area (Å²) in [6.45, 7) is 0. The molecule has 2 aromatic rings. The molecule has 0 atom stereocenters. The highest BCUT2D eigenvalue weighted by Gasteiger charge is 2.37. The summed E-state index contributed by atoms with van der Waals surface area (Å²) in [6, 6.07) is 3.07. The summed E-state index contributed by atoms with van der Waals surface area (Å²) < 4.78 is 76.9. The van der Waals surface area contributed by atoms with Gasteiger partial charge in [0.15, 0.2) is 0 Å². The molecule has 0 spiro atoms. The second-order valence-electron chi connectivity index (χ2n) is 5.29. The fourth-order valence-electron chi connectivity index (χ4n) is 2.07. The van der Waals surface area contributed by atoms with E-state index in [4.69, 9.17) is 5.11 Å². The first-order valence-corrected chi connectivity index (χ1v) is 6.96. The fraction of sp³-hybridized carbons (Fsp3) is 0.125. The topological polar surface area (TPSA) is 86.6 Å². The van der Waals surface area contributed by atoms with Gasteiger partial charge in [0.2, 0.25) is 0 Å². The number of alkyl halides is 6. The molecule has 2 aromatic carbocycles. The maximum atomic E-state index is 12.8. The first kappa shape index (κ1) is 20.1. The minimum Gasteiger partial charge on any atom is -0.507 e. The Labute approximate surface area is 146 Å². The molecular formula is C16H9F6NO4. The summed E-state index contributed by atoms with van der Waals surface area (Å²) in [7, 11) is 0. The summed E-state index contributed by atoms with van der Waals surface area (Å²) in [4.78, 5) is 23.0. The molecule has 144 valence electrons. The van der Waals surface area contributed by atoms with E-state index in [0.717, 1.165) is 18.2 Å². The SMILES string of the molecule is O=C(Nc1ccc(O)c(C(=O)O)c1)c1cc(C(F)(F)F)cc(C(F)(F)F)c1. The second kappa shape index (κ2) is 6.82. The molecule has 0 aliphatic carbocycles. The van der Waals surface area contributed by atoms with E-state index in [1.54, 1.807) is 0 Å². The monoisotopic (exact) mass is 393 g/mol. The number of anilines is 1. The molecule has 2 rings (SSSR count). The van der Waals surface area contributed by atoms with Crippen LogP contribution >= 0.6 is 0 Å². The number of carbonyl (C=O) groups is 2. The average molecular weight is 393 g/mol. The Bertz CT molecular complexity index is 873. The van der Waals surface area contributed by atoms with Crippen LogP contribution in [0.4, 0.5) is 32.0 Å². The van der Waals surface area contributed by atoms with Crippen molar-refractivity contribution in [3.63, 3.8) is 0 Å². The van der Waals surface area contributed by atoms with Gasteiger partial charge in [0.1, 0.15) is 11.3 Å². The van der Waals surface area contributed by atoms with Crippen molar-refractivity contribution in [1.82, 2.24) is 0 Å². The van der Waals surface area contributed by atoms with Gasteiger partial charge in [-0.1, -0.05) is 0 Å². The molecule has 0 aliphatic heterocycles. The lowest BCUT2D eigenvalue weighted by Gasteiger charge is -2.14. The van der Waals surface area contributed by atoms with Crippen molar-refractivity contribution < 1.29 is 46.1 Å². The number of halogens is 6. The maximum absolute atomic E-state index is 12.8. The van der Waals surface area contributed by atoms with Crippen LogP contribution in [0, 0.1) is 0 Å². The zero-order chi connectivity index (χ0) is 20.6. The van der Waals surface area contributed by atoms with Crippen molar-refractivity contribution in [3.8, 4) is 5.75 Å². The molecule has 3 N–H and O–H groups in total. The lowest BCUT2D eigenvalue weighted by Crippen LogP contribution is -2.17. The zero-order valence-corrected chi connectivity index (χ0v) is 12.9. The maximum Gasteiger partial charge on any atom is 0.416 e. The van der Waals surface area contributed by atoms with Crippen LogP contribution in [0.5, 0.6) is 5.75 Å². The largest absolute Gasteiger partial charge is 0.507 e. The van der Waals surface area contributed by atoms with Crippen molar-refractivity contribution in [1.29, 1.82) is 0 Å². The number of carboxylic acid groups (broad SMARTS) is 1. The molecular weight excluding hydrogens is 384 g/mol. The number of nitrogens with one attached hydrogen (secondary N) is 1. The molecule has 5 nitrogen and oxygen atoms in total. The van der Waals surface area contributed by atoms with Crippen LogP contribution in [0.3, 0.4) is 0 Å². The van der Waals surface area contributed by atoms with Gasteiger partial charge in [0.25, 0.3) is 5.91 Å². The molecule has 0 aromatic heterocycles. The minimum atomic E-state index is -5.12. The van der Waals surface area contributed by atoms with Gasteiger partial charge in [-0.2, -0.15) is 26.3 Å². The molecule has 0 fully saturated rings. The van der Waals surface area contributed by atoms with Gasteiger partial charge >= 0.3 is 18.3 Å². The third kappa shape index (κ3) is 4.68. The van der Waals surface area contributed by atoms with Crippen LogP contribution in [0.1, 0.15) is 31.8 Å². The fourth-order valence-corrected chi connectivity index (χ4v) is 2.07. The summed E-state index contributed by atoms with van der Waals surface area (Å²) >= 11 is 0. The van der Waals surface area contributed by atoms with Gasteiger partial charge in [-0.15, -0.1) is 0 Å². The number of hydrogen-bond acceptors (Lipinski definition) is 3. The van der Waals surface area contributed by atoms with E-state index in [2.05, 4.69) is 0 Å². The molecule has 0 radical (unpaired) electrons. The molecule has 0 heterocycles. The average Bonchev–Trinajstić information content (AvgIpc) is 2.54. The molecule has 0 bridgehead atoms. The van der Waals surface area contributed by atoms with E-state index in [1.807, 2.05) is 5.32 Å². The highest BCUT2D eigenvalue weighted by Crippen LogP contribution is 2.36. The number of aromatic carboxylic acids is 1. The van der Waals surface area contributed by atoms with Gasteiger partial charge in [-0.05, 0) is 36.4 Å². The second-order valence-corrected chi connectivity index (χ2v) is 5.29. The van der Waals surface area contributed by atoms with Gasteiger partial charge < -0.3 is 15.5 Å². The lowest BCUT2D eigenvalue weighted by atomic mass is 10.0. The summed E-state index contributed by atoms with van der Waals surface area (Å²) in [5.41, 5.74) is -5.13. The first-order chi connectivity index (χ1) is 12.3. The molecule has 0 saturated heterocycles. The minimum absolute atomic E-state index is 0.125. The first-order valence-electron chi connectivity index (χ1n) is 6.96. The lowest BCUT2D eigenvalue weighted by molar-refractivity contribution is -0.143. The van der Waals surface area contributed by atoms with Crippen LogP contribution in [-0.4, -0.2) is 22.1 Å². The highest BCUT2D eigenvalue weighted by molar-refractivity contribution is 6.05. The number of aromatic hydroxyl groups is 1. The number of carboxylic acids is 1. The normalized spacial score (nSPS) is 11.9. The Balaban J connectivity index is 2.44. The number of rotatable bonds is 3. The number of hydrogen-bond donors (Lipinski definition) is 3. The molecule has 1 amide bonds. The standard InChI is InChI=1S/C16H9F6NO4/c17-15(18,19)8-3-7(4-9(5-8)16(20,21)22)13(25)23-10-1-2-12(24)11(6-10)14(26)27/h1-6,24H,(H,23,25)(H,26,27). The van der Waals surface area contributed by atoms with E-state index >= 15 is 0 Å². The number of phenols is 1. The van der Waals surface area contributed by atoms with Crippen molar-refractivity contribution in [2.24, 2.45) is 0 Å². The van der Waals surface area contributed by atoms with Crippen LogP contribution < -0.4 is 5.32 Å². The Kier molecular flexibility index (Phi) is 5.07. The molecule has 0 unspecified atom stereocenters. The van der Waals surface area contributed by atoms with Crippen LogP contribution in [0.2, 0.25) is 0 Å². The summed E-state index contributed by atoms with van der Waals surface area (Å²) in [6.07, 6.45) is -10.2. The van der Waals surface area contributed by atoms with E-state index in [1.165, 1.54) is 0 Å². The molecule has 27 heavy (non-hydrogen) atoms. The van der Waals surface area contributed by atoms with Crippen molar-refractivity contribution >= 4 is 17.6 Å². The van der Waals surface area contributed by atoms with Crippen molar-refractivity contribution in [2.45, 2.75) is 12.4 Å². The highest BCUT2D eigenvalue weighted by atomic mass is 19.4. The van der Waals surface area contributed by atoms with E-state index in [0.29, 0.717) is 0 Å². The Morgan fingerprint density at radius 1 is 0.852 bits per heavy atom. The van der Waals surface area contributed by atoms with E-state index in [-0.39, 0.29) is 23.9 Å². The van der Waals surface area contributed by atoms with Gasteiger partial charge in [-0.25, -0.2) is 4.79 Å². The summed E-state index contributed by atoms with van der Waals surface area (Å²) in [5.74, 6) is -3.52. The Hall–Kier alpha value is -3.24. The number of carbonyl (C=O) groups excluding carboxylic acids is 1. The zero-order valence-electron chi connectivity index (χ0n) is 12.9. The molecule has 0 aliphatic rings. The van der Waals surface area contributed by atoms with E-state index in [9.17, 15) is 41.0 Å². The van der Waals surface area contributed by atoms with Crippen LogP contribution in [0.25, 0.3) is 0 Å². The third-order valence-corrected chi connectivity index (χ3v) is 3.33. The van der Waals surface area contributed by atoms with Crippen LogP contribution in [0.15, 0.2) is 36.4 Å². The smallest absolute Gasteiger partial charge is 0.416 e. The predicted octanol–water partition coefficient (Wildman–Crippen LogP) is 4.38. The van der Waals surface area contributed by atoms with Crippen LogP contribution in [-0.2, 0) is 12.4 Å². The summed E-state index contributed by atoms with van der Waals surface area (Å²) in [5, 5.41) is 20.2. The number of benzene rings is 2. The van der Waals surface area contributed by atoms with Gasteiger partial charge in [-0.3, -0.25) is 4.79 Å². The van der Waals surface area contributed by atoms with Gasteiger partial charge in [0, 0.05) is 11.3 Å². The van der Waals surface area contributed by atoms with Crippen molar-refractivity contribution in [2.75, 3.05) is 5.32 Å². The molecule has 11 heteroatoms. The molecule has 0 saturated carbocycles. The Morgan fingerprint density at radius 3 is 1.81 bits per heavy atom. The van der Waals surface area contributed by atoms with Gasteiger partial charge in [0.05, 0.1) is 11.1 Å².